The summed E-state index contributed by atoms with van der Waals surface area (Å²) in [4.78, 5) is 24.5. The molecule has 0 saturated heterocycles. The Balaban J connectivity index is 3.08. The fourth-order valence-corrected chi connectivity index (χ4v) is 2.32. The maximum Gasteiger partial charge on any atom is 0.323 e. The lowest BCUT2D eigenvalue weighted by atomic mass is 10.1. The van der Waals surface area contributed by atoms with Gasteiger partial charge in [-0.1, -0.05) is 6.92 Å². The van der Waals surface area contributed by atoms with E-state index in [9.17, 15) is 14.0 Å². The first kappa shape index (κ1) is 15.9. The highest BCUT2D eigenvalue weighted by Crippen LogP contribution is 2.18. The van der Waals surface area contributed by atoms with Crippen LogP contribution in [0.5, 0.6) is 0 Å². The van der Waals surface area contributed by atoms with Crippen molar-refractivity contribution in [3.8, 4) is 0 Å². The summed E-state index contributed by atoms with van der Waals surface area (Å²) >= 11 is 1.87. The first-order valence-electron chi connectivity index (χ1n) is 5.84. The van der Waals surface area contributed by atoms with Gasteiger partial charge in [0.15, 0.2) is 0 Å². The zero-order chi connectivity index (χ0) is 14.6. The number of halogens is 2. The molecule has 0 fully saturated rings. The molecule has 0 aliphatic heterocycles. The summed E-state index contributed by atoms with van der Waals surface area (Å²) < 4.78 is 13.5. The van der Waals surface area contributed by atoms with Crippen molar-refractivity contribution in [2.75, 3.05) is 6.54 Å². The van der Waals surface area contributed by atoms with Crippen LogP contribution >= 0.6 is 22.6 Å². The number of carboxylic acid groups (broad SMARTS) is 1. The Hall–Kier alpha value is -1.18. The van der Waals surface area contributed by atoms with E-state index < -0.39 is 11.8 Å². The minimum Gasteiger partial charge on any atom is -0.480 e. The molecule has 0 aliphatic rings. The Morgan fingerprint density at radius 2 is 2.11 bits per heavy atom. The van der Waals surface area contributed by atoms with Gasteiger partial charge in [0.25, 0.3) is 5.91 Å². The number of hydrogen-bond donors (Lipinski definition) is 1. The lowest BCUT2D eigenvalue weighted by Crippen LogP contribution is -2.42. The van der Waals surface area contributed by atoms with Gasteiger partial charge >= 0.3 is 5.97 Å². The van der Waals surface area contributed by atoms with Crippen LogP contribution in [0.1, 0.15) is 30.6 Å². The Kier molecular flexibility index (Phi) is 5.71. The monoisotopic (exact) mass is 379 g/mol. The largest absolute Gasteiger partial charge is 0.480 e. The van der Waals surface area contributed by atoms with E-state index in [1.165, 1.54) is 23.1 Å². The highest BCUT2D eigenvalue weighted by molar-refractivity contribution is 14.1. The van der Waals surface area contributed by atoms with Crippen LogP contribution in [0.3, 0.4) is 0 Å². The fourth-order valence-electron chi connectivity index (χ4n) is 1.61. The average molecular weight is 379 g/mol. The summed E-state index contributed by atoms with van der Waals surface area (Å²) in [5.74, 6) is -1.87. The number of rotatable bonds is 5. The van der Waals surface area contributed by atoms with Crippen molar-refractivity contribution in [2.24, 2.45) is 0 Å². The topological polar surface area (TPSA) is 57.6 Å². The van der Waals surface area contributed by atoms with Crippen LogP contribution in [-0.4, -0.2) is 34.5 Å². The molecule has 1 amide bonds. The molecule has 0 saturated carbocycles. The highest BCUT2D eigenvalue weighted by Gasteiger charge is 2.24. The molecular weight excluding hydrogens is 364 g/mol. The van der Waals surface area contributed by atoms with Crippen molar-refractivity contribution in [2.45, 2.75) is 26.3 Å². The Bertz CT molecular complexity index is 493. The number of nitrogens with zero attached hydrogens (tertiary/aromatic N) is 1. The molecule has 0 heterocycles. The third-order valence-corrected chi connectivity index (χ3v) is 3.74. The van der Waals surface area contributed by atoms with Gasteiger partial charge in [-0.15, -0.1) is 0 Å². The van der Waals surface area contributed by atoms with Gasteiger partial charge in [-0.05, 0) is 54.1 Å². The minimum atomic E-state index is -1.06. The first-order chi connectivity index (χ1) is 8.86. The fraction of sp³-hybridized carbons (Fsp3) is 0.385. The van der Waals surface area contributed by atoms with E-state index >= 15 is 0 Å². The van der Waals surface area contributed by atoms with Gasteiger partial charge < -0.3 is 10.0 Å². The average Bonchev–Trinajstić information content (AvgIpc) is 2.34. The van der Waals surface area contributed by atoms with Crippen molar-refractivity contribution in [1.29, 1.82) is 0 Å². The predicted molar refractivity (Wildman–Crippen MR) is 77.5 cm³/mol. The standard InChI is InChI=1S/C13H15FINO3/c1-3-8(2)16(7-12(17)18)13(19)10-5-4-9(14)6-11(10)15/h4-6,8H,3,7H2,1-2H3,(H,17,18). The molecule has 4 nitrogen and oxygen atoms in total. The maximum absolute atomic E-state index is 13.0. The van der Waals surface area contributed by atoms with Gasteiger partial charge in [-0.3, -0.25) is 9.59 Å². The van der Waals surface area contributed by atoms with Crippen LogP contribution in [0.15, 0.2) is 18.2 Å². The number of hydrogen-bond acceptors (Lipinski definition) is 2. The van der Waals surface area contributed by atoms with Gasteiger partial charge in [-0.25, -0.2) is 4.39 Å². The summed E-state index contributed by atoms with van der Waals surface area (Å²) in [6, 6.07) is 3.65. The number of benzene rings is 1. The molecule has 1 N–H and O–H groups in total. The van der Waals surface area contributed by atoms with E-state index in [-0.39, 0.29) is 18.5 Å². The van der Waals surface area contributed by atoms with E-state index in [1.807, 2.05) is 29.5 Å². The zero-order valence-corrected chi connectivity index (χ0v) is 12.8. The summed E-state index contributed by atoms with van der Waals surface area (Å²) in [6.45, 7) is 3.31. The van der Waals surface area contributed by atoms with Crippen LogP contribution < -0.4 is 0 Å². The third-order valence-electron chi connectivity index (χ3n) is 2.85. The number of aliphatic carboxylic acids is 1. The van der Waals surface area contributed by atoms with Crippen LogP contribution in [0.2, 0.25) is 0 Å². The molecule has 1 aromatic carbocycles. The predicted octanol–water partition coefficient (Wildman–Crippen LogP) is 2.76. The Morgan fingerprint density at radius 3 is 2.58 bits per heavy atom. The van der Waals surface area contributed by atoms with Gasteiger partial charge in [-0.2, -0.15) is 0 Å². The number of carbonyl (C=O) groups excluding carboxylic acids is 1. The quantitative estimate of drug-likeness (QED) is 0.801. The summed E-state index contributed by atoms with van der Waals surface area (Å²) in [5.41, 5.74) is 0.323. The molecular formula is C13H15FINO3. The van der Waals surface area contributed by atoms with E-state index in [4.69, 9.17) is 5.11 Å². The van der Waals surface area contributed by atoms with E-state index in [0.717, 1.165) is 0 Å². The second kappa shape index (κ2) is 6.83. The van der Waals surface area contributed by atoms with Crippen molar-refractivity contribution in [3.05, 3.63) is 33.1 Å². The second-order valence-electron chi connectivity index (χ2n) is 4.21. The molecule has 0 aromatic heterocycles. The van der Waals surface area contributed by atoms with E-state index in [2.05, 4.69) is 0 Å². The molecule has 0 radical (unpaired) electrons. The van der Waals surface area contributed by atoms with Crippen LogP contribution in [-0.2, 0) is 4.79 Å². The maximum atomic E-state index is 13.0. The van der Waals surface area contributed by atoms with Crippen LogP contribution in [0, 0.1) is 9.39 Å². The molecule has 19 heavy (non-hydrogen) atoms. The SMILES string of the molecule is CCC(C)N(CC(=O)O)C(=O)c1ccc(F)cc1I. The van der Waals surface area contributed by atoms with Crippen LogP contribution in [0.4, 0.5) is 4.39 Å². The van der Waals surface area contributed by atoms with Crippen molar-refractivity contribution in [3.63, 3.8) is 0 Å². The Morgan fingerprint density at radius 1 is 1.47 bits per heavy atom. The molecule has 6 heteroatoms. The van der Waals surface area contributed by atoms with E-state index in [0.29, 0.717) is 15.6 Å². The number of carbonyl (C=O) groups is 2. The molecule has 1 aromatic rings. The lowest BCUT2D eigenvalue weighted by Gasteiger charge is -2.27. The van der Waals surface area contributed by atoms with Gasteiger partial charge in [0.1, 0.15) is 12.4 Å². The lowest BCUT2D eigenvalue weighted by molar-refractivity contribution is -0.138. The molecule has 0 aliphatic carbocycles. The Labute approximate surface area is 124 Å². The molecule has 104 valence electrons. The van der Waals surface area contributed by atoms with Crippen LogP contribution in [0.25, 0.3) is 0 Å². The molecule has 1 atom stereocenters. The van der Waals surface area contributed by atoms with Crippen molar-refractivity contribution in [1.82, 2.24) is 4.90 Å². The minimum absolute atomic E-state index is 0.190. The molecule has 0 spiro atoms. The number of carboxylic acids is 1. The van der Waals surface area contributed by atoms with E-state index in [1.54, 1.807) is 6.92 Å². The third kappa shape index (κ3) is 4.15. The normalized spacial score (nSPS) is 12.0. The zero-order valence-electron chi connectivity index (χ0n) is 10.7. The molecule has 1 unspecified atom stereocenters. The summed E-state index contributed by atoms with van der Waals surface area (Å²) in [6.07, 6.45) is 0.650. The first-order valence-corrected chi connectivity index (χ1v) is 6.92. The smallest absolute Gasteiger partial charge is 0.323 e. The molecule has 0 bridgehead atoms. The van der Waals surface area contributed by atoms with Crippen molar-refractivity contribution < 1.29 is 19.1 Å². The summed E-state index contributed by atoms with van der Waals surface area (Å²) in [5, 5.41) is 8.88. The van der Waals surface area contributed by atoms with Crippen molar-refractivity contribution >= 4 is 34.5 Å². The summed E-state index contributed by atoms with van der Waals surface area (Å²) in [7, 11) is 0. The van der Waals surface area contributed by atoms with Gasteiger partial charge in [0, 0.05) is 9.61 Å². The molecule has 1 rings (SSSR count). The van der Waals surface area contributed by atoms with Gasteiger partial charge in [0.05, 0.1) is 5.56 Å². The number of amides is 1. The van der Waals surface area contributed by atoms with Gasteiger partial charge in [0.2, 0.25) is 0 Å². The second-order valence-corrected chi connectivity index (χ2v) is 5.37. The highest BCUT2D eigenvalue weighted by atomic mass is 127.